The molecule has 8 nitrogen and oxygen atoms in total. The van der Waals surface area contributed by atoms with E-state index < -0.39 is 5.91 Å². The Morgan fingerprint density at radius 2 is 1.72 bits per heavy atom. The zero-order valence-corrected chi connectivity index (χ0v) is 16.5. The number of hydrogen-bond donors (Lipinski definition) is 2. The van der Waals surface area contributed by atoms with Crippen molar-refractivity contribution in [3.05, 3.63) is 29.3 Å². The number of ether oxygens (including phenoxy) is 3. The zero-order chi connectivity index (χ0) is 20.2. The van der Waals surface area contributed by atoms with Crippen molar-refractivity contribution in [1.29, 1.82) is 0 Å². The van der Waals surface area contributed by atoms with Gasteiger partial charge in [0.25, 0.3) is 5.91 Å². The molecule has 3 aliphatic heterocycles. The van der Waals surface area contributed by atoms with Gasteiger partial charge in [0.05, 0.1) is 6.04 Å². The third kappa shape index (κ3) is 4.39. The van der Waals surface area contributed by atoms with Crippen molar-refractivity contribution in [3.63, 3.8) is 0 Å². The first kappa shape index (κ1) is 20.1. The second-order valence-electron chi connectivity index (χ2n) is 7.94. The lowest BCUT2D eigenvalue weighted by atomic mass is 9.89. The van der Waals surface area contributed by atoms with Gasteiger partial charge in [-0.05, 0) is 43.7 Å². The quantitative estimate of drug-likeness (QED) is 0.588. The Labute approximate surface area is 170 Å². The summed E-state index contributed by atoms with van der Waals surface area (Å²) in [5, 5.41) is 8.90. The third-order valence-electron chi connectivity index (χ3n) is 6.25. The van der Waals surface area contributed by atoms with E-state index in [0.29, 0.717) is 56.8 Å². The van der Waals surface area contributed by atoms with E-state index >= 15 is 0 Å². The predicted molar refractivity (Wildman–Crippen MR) is 103 cm³/mol. The van der Waals surface area contributed by atoms with Crippen LogP contribution in [0.4, 0.5) is 0 Å². The van der Waals surface area contributed by atoms with Crippen molar-refractivity contribution >= 4 is 11.8 Å². The Kier molecular flexibility index (Phi) is 6.32. The first-order chi connectivity index (χ1) is 14.2. The molecule has 3 heterocycles. The van der Waals surface area contributed by atoms with E-state index in [0.717, 1.165) is 31.2 Å². The molecule has 0 spiro atoms. The number of benzene rings is 1. The fourth-order valence-corrected chi connectivity index (χ4v) is 4.50. The lowest BCUT2D eigenvalue weighted by molar-refractivity contribution is -0.144. The number of amides is 2. The van der Waals surface area contributed by atoms with Crippen LogP contribution in [0.3, 0.4) is 0 Å². The second kappa shape index (κ2) is 9.11. The molecule has 4 rings (SSSR count). The number of rotatable bonds is 3. The van der Waals surface area contributed by atoms with E-state index in [-0.39, 0.29) is 17.9 Å². The van der Waals surface area contributed by atoms with E-state index in [1.807, 2.05) is 4.90 Å². The van der Waals surface area contributed by atoms with E-state index in [9.17, 15) is 9.59 Å². The van der Waals surface area contributed by atoms with E-state index in [2.05, 4.69) is 0 Å². The maximum atomic E-state index is 13.5. The van der Waals surface area contributed by atoms with E-state index in [1.54, 1.807) is 23.7 Å². The number of fused-ring (bicyclic) bond motifs is 1. The lowest BCUT2D eigenvalue weighted by Gasteiger charge is -2.39. The molecule has 1 unspecified atom stereocenters. The monoisotopic (exact) mass is 404 g/mol. The maximum Gasteiger partial charge on any atom is 0.274 e. The SMILES string of the molecule is O=C(NO)c1ccc2c(c1)OCC(C1CCOCC1)N(C(=O)C1CCOCC1)C2. The molecule has 2 amide bonds. The molecule has 3 aliphatic rings. The highest BCUT2D eigenvalue weighted by atomic mass is 16.5. The van der Waals surface area contributed by atoms with Gasteiger partial charge in [0, 0.05) is 50.0 Å². The van der Waals surface area contributed by atoms with Gasteiger partial charge in [-0.25, -0.2) is 5.48 Å². The minimum absolute atomic E-state index is 0.0212. The molecule has 8 heteroatoms. The van der Waals surface area contributed by atoms with Gasteiger partial charge >= 0.3 is 0 Å². The first-order valence-electron chi connectivity index (χ1n) is 10.3. The Morgan fingerprint density at radius 1 is 1.03 bits per heavy atom. The molecular formula is C21H28N2O6. The van der Waals surface area contributed by atoms with Crippen molar-refractivity contribution in [3.8, 4) is 5.75 Å². The topological polar surface area (TPSA) is 97.3 Å². The van der Waals surface area contributed by atoms with Gasteiger partial charge < -0.3 is 19.1 Å². The zero-order valence-electron chi connectivity index (χ0n) is 16.5. The van der Waals surface area contributed by atoms with Crippen LogP contribution in [0, 0.1) is 11.8 Å². The molecule has 0 aromatic heterocycles. The molecule has 1 aromatic carbocycles. The minimum Gasteiger partial charge on any atom is -0.491 e. The smallest absolute Gasteiger partial charge is 0.274 e. The van der Waals surface area contributed by atoms with E-state index in [1.165, 1.54) is 0 Å². The number of carbonyl (C=O) groups excluding carboxylic acids is 2. The van der Waals surface area contributed by atoms with Gasteiger partial charge in [-0.3, -0.25) is 14.8 Å². The number of nitrogens with zero attached hydrogens (tertiary/aromatic N) is 1. The van der Waals surface area contributed by atoms with Crippen molar-refractivity contribution in [2.24, 2.45) is 11.8 Å². The molecular weight excluding hydrogens is 376 g/mol. The summed E-state index contributed by atoms with van der Waals surface area (Å²) in [4.78, 5) is 27.2. The third-order valence-corrected chi connectivity index (χ3v) is 6.25. The summed E-state index contributed by atoms with van der Waals surface area (Å²) in [6.07, 6.45) is 3.30. The number of nitrogens with one attached hydrogen (secondary N) is 1. The van der Waals surface area contributed by atoms with Crippen LogP contribution in [0.2, 0.25) is 0 Å². The van der Waals surface area contributed by atoms with Crippen LogP contribution < -0.4 is 10.2 Å². The van der Waals surface area contributed by atoms with Gasteiger partial charge in [0.1, 0.15) is 12.4 Å². The fourth-order valence-electron chi connectivity index (χ4n) is 4.50. The molecule has 2 saturated heterocycles. The Morgan fingerprint density at radius 3 is 2.41 bits per heavy atom. The molecule has 0 saturated carbocycles. The Hall–Kier alpha value is -2.16. The first-order valence-corrected chi connectivity index (χ1v) is 10.3. The Bertz CT molecular complexity index is 743. The molecule has 2 N–H and O–H groups in total. The van der Waals surface area contributed by atoms with Crippen molar-refractivity contribution in [2.75, 3.05) is 33.0 Å². The number of hydroxylamine groups is 1. The highest BCUT2D eigenvalue weighted by molar-refractivity contribution is 5.93. The minimum atomic E-state index is -0.586. The van der Waals surface area contributed by atoms with Crippen LogP contribution in [0.15, 0.2) is 18.2 Å². The molecule has 1 aromatic rings. The summed E-state index contributed by atoms with van der Waals surface area (Å²) in [5.41, 5.74) is 2.84. The van der Waals surface area contributed by atoms with Crippen LogP contribution in [0.5, 0.6) is 5.75 Å². The average Bonchev–Trinajstić information content (AvgIpc) is 2.98. The second-order valence-corrected chi connectivity index (χ2v) is 7.94. The van der Waals surface area contributed by atoms with Crippen LogP contribution in [-0.2, 0) is 20.8 Å². The summed E-state index contributed by atoms with van der Waals surface area (Å²) in [7, 11) is 0. The van der Waals surface area contributed by atoms with Gasteiger partial charge in [0.15, 0.2) is 0 Å². The standard InChI is InChI=1S/C21H28N2O6/c24-20(22-26)16-1-2-17-12-23(21(25)15-5-9-28-10-6-15)18(13-29-19(17)11-16)14-3-7-27-8-4-14/h1-2,11,14-15,18,26H,3-10,12-13H2,(H,22,24). The van der Waals surface area contributed by atoms with Crippen molar-refractivity contribution in [2.45, 2.75) is 38.3 Å². The molecule has 1 atom stereocenters. The van der Waals surface area contributed by atoms with Crippen LogP contribution in [-0.4, -0.2) is 61.0 Å². The van der Waals surface area contributed by atoms with Crippen molar-refractivity contribution in [1.82, 2.24) is 10.4 Å². The van der Waals surface area contributed by atoms with Crippen LogP contribution in [0.1, 0.15) is 41.6 Å². The van der Waals surface area contributed by atoms with Gasteiger partial charge in [-0.15, -0.1) is 0 Å². The van der Waals surface area contributed by atoms with Crippen LogP contribution >= 0.6 is 0 Å². The van der Waals surface area contributed by atoms with Gasteiger partial charge in [0.2, 0.25) is 5.91 Å². The highest BCUT2D eigenvalue weighted by Gasteiger charge is 2.38. The summed E-state index contributed by atoms with van der Waals surface area (Å²) < 4.78 is 17.1. The molecule has 29 heavy (non-hydrogen) atoms. The lowest BCUT2D eigenvalue weighted by Crippen LogP contribution is -2.50. The largest absolute Gasteiger partial charge is 0.491 e. The molecule has 2 fully saturated rings. The average molecular weight is 404 g/mol. The molecule has 0 radical (unpaired) electrons. The van der Waals surface area contributed by atoms with Crippen LogP contribution in [0.25, 0.3) is 0 Å². The number of carbonyl (C=O) groups is 2. The summed E-state index contributed by atoms with van der Waals surface area (Å²) in [6, 6.07) is 5.04. The summed E-state index contributed by atoms with van der Waals surface area (Å²) >= 11 is 0. The van der Waals surface area contributed by atoms with Crippen molar-refractivity contribution < 1.29 is 29.0 Å². The normalized spacial score (nSPS) is 23.6. The maximum absolute atomic E-state index is 13.5. The predicted octanol–water partition coefficient (Wildman–Crippen LogP) is 1.75. The summed E-state index contributed by atoms with van der Waals surface area (Å²) in [6.45, 7) is 3.49. The molecule has 0 bridgehead atoms. The molecule has 158 valence electrons. The Balaban J connectivity index is 1.62. The van der Waals surface area contributed by atoms with E-state index in [4.69, 9.17) is 19.4 Å². The summed E-state index contributed by atoms with van der Waals surface area (Å²) in [5.74, 6) is 0.467. The molecule has 0 aliphatic carbocycles. The van der Waals surface area contributed by atoms with Gasteiger partial charge in [-0.1, -0.05) is 6.07 Å². The van der Waals surface area contributed by atoms with Gasteiger partial charge in [-0.2, -0.15) is 0 Å². The fraction of sp³-hybridized carbons (Fsp3) is 0.619. The highest BCUT2D eigenvalue weighted by Crippen LogP contribution is 2.33. The number of hydrogen-bond acceptors (Lipinski definition) is 6.